The molecule has 0 saturated carbocycles. The van der Waals surface area contributed by atoms with Crippen molar-refractivity contribution in [3.8, 4) is 0 Å². The van der Waals surface area contributed by atoms with Crippen LogP contribution in [0.5, 0.6) is 0 Å². The van der Waals surface area contributed by atoms with Gasteiger partial charge in [-0.3, -0.25) is 14.9 Å². The van der Waals surface area contributed by atoms with E-state index in [-0.39, 0.29) is 5.91 Å². The molecule has 2 aromatic rings. The summed E-state index contributed by atoms with van der Waals surface area (Å²) in [6.07, 6.45) is 2.63. The zero-order valence-corrected chi connectivity index (χ0v) is 11.2. The predicted molar refractivity (Wildman–Crippen MR) is 72.3 cm³/mol. The molecule has 0 atom stereocenters. The molecule has 0 unspecified atom stereocenters. The van der Waals surface area contributed by atoms with Crippen LogP contribution in [0.3, 0.4) is 0 Å². The van der Waals surface area contributed by atoms with Gasteiger partial charge in [-0.05, 0) is 12.5 Å². The third-order valence-corrected chi connectivity index (χ3v) is 4.22. The quantitative estimate of drug-likeness (QED) is 0.900. The van der Waals surface area contributed by atoms with Crippen molar-refractivity contribution >= 4 is 39.6 Å². The molecule has 0 saturated heterocycles. The number of nitrogens with one attached hydrogen (secondary N) is 1. The van der Waals surface area contributed by atoms with E-state index >= 15 is 0 Å². The van der Waals surface area contributed by atoms with E-state index in [1.54, 1.807) is 11.6 Å². The molecule has 7 heteroatoms. The molecular formula is C11H11N3O2S2. The zero-order valence-electron chi connectivity index (χ0n) is 9.60. The van der Waals surface area contributed by atoms with Gasteiger partial charge in [0.15, 0.2) is 5.13 Å². The van der Waals surface area contributed by atoms with E-state index in [0.717, 1.165) is 11.3 Å². The highest BCUT2D eigenvalue weighted by Crippen LogP contribution is 2.21. The molecule has 0 spiro atoms. The van der Waals surface area contributed by atoms with E-state index in [1.165, 1.54) is 28.7 Å². The van der Waals surface area contributed by atoms with E-state index in [1.807, 2.05) is 6.92 Å². The SMILES string of the molecule is CCc1cnc(NC(=O)c2cc(C(N)=O)cs2)s1. The Labute approximate surface area is 112 Å². The van der Waals surface area contributed by atoms with Crippen molar-refractivity contribution < 1.29 is 9.59 Å². The van der Waals surface area contributed by atoms with Crippen LogP contribution < -0.4 is 11.1 Å². The lowest BCUT2D eigenvalue weighted by Crippen LogP contribution is -2.11. The van der Waals surface area contributed by atoms with Crippen molar-refractivity contribution in [1.82, 2.24) is 4.98 Å². The second kappa shape index (κ2) is 5.28. The second-order valence-electron chi connectivity index (χ2n) is 3.50. The first-order valence-corrected chi connectivity index (χ1v) is 6.94. The molecule has 2 amide bonds. The van der Waals surface area contributed by atoms with Gasteiger partial charge in [0, 0.05) is 16.5 Å². The van der Waals surface area contributed by atoms with Crippen LogP contribution in [0.4, 0.5) is 5.13 Å². The average Bonchev–Trinajstić information content (AvgIpc) is 2.97. The summed E-state index contributed by atoms with van der Waals surface area (Å²) < 4.78 is 0. The van der Waals surface area contributed by atoms with Crippen LogP contribution in [-0.2, 0) is 6.42 Å². The molecule has 2 heterocycles. The number of anilines is 1. The van der Waals surface area contributed by atoms with Crippen LogP contribution in [0.15, 0.2) is 17.6 Å². The minimum absolute atomic E-state index is 0.274. The molecule has 0 radical (unpaired) electrons. The summed E-state index contributed by atoms with van der Waals surface area (Å²) in [5.41, 5.74) is 5.47. The van der Waals surface area contributed by atoms with Crippen LogP contribution in [0.2, 0.25) is 0 Å². The maximum Gasteiger partial charge on any atom is 0.267 e. The Balaban J connectivity index is 2.09. The first-order chi connectivity index (χ1) is 8.60. The smallest absolute Gasteiger partial charge is 0.267 e. The number of aromatic nitrogens is 1. The number of nitrogens with zero attached hydrogens (tertiary/aromatic N) is 1. The van der Waals surface area contributed by atoms with E-state index in [0.29, 0.717) is 15.6 Å². The van der Waals surface area contributed by atoms with Crippen LogP contribution >= 0.6 is 22.7 Å². The van der Waals surface area contributed by atoms with Crippen LogP contribution in [0.25, 0.3) is 0 Å². The number of thiazole rings is 1. The van der Waals surface area contributed by atoms with Gasteiger partial charge in [-0.1, -0.05) is 6.92 Å². The summed E-state index contributed by atoms with van der Waals surface area (Å²) in [5, 5.41) is 4.82. The minimum atomic E-state index is -0.534. The highest BCUT2D eigenvalue weighted by Gasteiger charge is 2.13. The zero-order chi connectivity index (χ0) is 13.1. The maximum atomic E-state index is 11.9. The number of aryl methyl sites for hydroxylation is 1. The standard InChI is InChI=1S/C11H11N3O2S2/c1-2-7-4-13-11(18-7)14-10(16)8-3-6(5-17-8)9(12)15/h3-5H,2H2,1H3,(H2,12,15)(H,13,14,16). The number of thiophene rings is 1. The van der Waals surface area contributed by atoms with E-state index < -0.39 is 5.91 Å². The summed E-state index contributed by atoms with van der Waals surface area (Å²) >= 11 is 2.62. The Kier molecular flexibility index (Phi) is 3.73. The highest BCUT2D eigenvalue weighted by atomic mass is 32.1. The molecule has 5 nitrogen and oxygen atoms in total. The number of carbonyl (C=O) groups excluding carboxylic acids is 2. The fourth-order valence-corrected chi connectivity index (χ4v) is 2.81. The van der Waals surface area contributed by atoms with E-state index in [9.17, 15) is 9.59 Å². The fourth-order valence-electron chi connectivity index (χ4n) is 1.27. The first kappa shape index (κ1) is 12.7. The molecule has 0 aliphatic heterocycles. The lowest BCUT2D eigenvalue weighted by Gasteiger charge is -1.97. The Morgan fingerprint density at radius 1 is 1.50 bits per heavy atom. The molecular weight excluding hydrogens is 270 g/mol. The summed E-state index contributed by atoms with van der Waals surface area (Å²) in [6.45, 7) is 2.03. The van der Waals surface area contributed by atoms with Gasteiger partial charge >= 0.3 is 0 Å². The van der Waals surface area contributed by atoms with Crippen molar-refractivity contribution in [3.63, 3.8) is 0 Å². The van der Waals surface area contributed by atoms with Crippen molar-refractivity contribution in [2.24, 2.45) is 5.73 Å². The number of hydrogen-bond acceptors (Lipinski definition) is 5. The molecule has 94 valence electrons. The fraction of sp³-hybridized carbons (Fsp3) is 0.182. The molecule has 0 fully saturated rings. The van der Waals surface area contributed by atoms with Crippen molar-refractivity contribution in [1.29, 1.82) is 0 Å². The molecule has 2 aromatic heterocycles. The number of hydrogen-bond donors (Lipinski definition) is 2. The lowest BCUT2D eigenvalue weighted by atomic mass is 10.3. The van der Waals surface area contributed by atoms with Crippen molar-refractivity contribution in [2.45, 2.75) is 13.3 Å². The molecule has 0 aliphatic rings. The molecule has 0 aromatic carbocycles. The summed E-state index contributed by atoms with van der Waals surface area (Å²) in [7, 11) is 0. The van der Waals surface area contributed by atoms with Crippen LogP contribution in [-0.4, -0.2) is 16.8 Å². The lowest BCUT2D eigenvalue weighted by molar-refractivity contribution is 0.100. The van der Waals surface area contributed by atoms with Gasteiger partial charge in [-0.15, -0.1) is 22.7 Å². The van der Waals surface area contributed by atoms with Gasteiger partial charge in [0.2, 0.25) is 5.91 Å². The number of nitrogens with two attached hydrogens (primary N) is 1. The Morgan fingerprint density at radius 2 is 2.28 bits per heavy atom. The summed E-state index contributed by atoms with van der Waals surface area (Å²) in [6, 6.07) is 1.48. The second-order valence-corrected chi connectivity index (χ2v) is 5.53. The summed E-state index contributed by atoms with van der Waals surface area (Å²) in [4.78, 5) is 28.4. The first-order valence-electron chi connectivity index (χ1n) is 5.24. The van der Waals surface area contributed by atoms with Gasteiger partial charge in [-0.2, -0.15) is 0 Å². The number of carbonyl (C=O) groups is 2. The van der Waals surface area contributed by atoms with Gasteiger partial charge < -0.3 is 5.73 Å². The topological polar surface area (TPSA) is 85.1 Å². The highest BCUT2D eigenvalue weighted by molar-refractivity contribution is 7.16. The molecule has 0 aliphatic carbocycles. The number of amides is 2. The normalized spacial score (nSPS) is 10.3. The predicted octanol–water partition coefficient (Wildman–Crippen LogP) is 2.12. The van der Waals surface area contributed by atoms with Gasteiger partial charge in [0.05, 0.1) is 10.4 Å². The molecule has 2 rings (SSSR count). The number of rotatable bonds is 4. The largest absolute Gasteiger partial charge is 0.366 e. The average molecular weight is 281 g/mol. The van der Waals surface area contributed by atoms with E-state index in [2.05, 4.69) is 10.3 Å². The molecule has 18 heavy (non-hydrogen) atoms. The van der Waals surface area contributed by atoms with Gasteiger partial charge in [0.1, 0.15) is 0 Å². The van der Waals surface area contributed by atoms with Crippen molar-refractivity contribution in [3.05, 3.63) is 33.0 Å². The third-order valence-electron chi connectivity index (χ3n) is 2.23. The van der Waals surface area contributed by atoms with E-state index in [4.69, 9.17) is 5.73 Å². The third kappa shape index (κ3) is 2.74. The van der Waals surface area contributed by atoms with Crippen LogP contribution in [0, 0.1) is 0 Å². The Hall–Kier alpha value is -1.73. The minimum Gasteiger partial charge on any atom is -0.366 e. The van der Waals surface area contributed by atoms with Crippen LogP contribution in [0.1, 0.15) is 31.8 Å². The van der Waals surface area contributed by atoms with Crippen molar-refractivity contribution in [2.75, 3.05) is 5.32 Å². The molecule has 0 bridgehead atoms. The Morgan fingerprint density at radius 3 is 2.83 bits per heavy atom. The monoisotopic (exact) mass is 281 g/mol. The summed E-state index contributed by atoms with van der Waals surface area (Å²) in [5.74, 6) is -0.808. The van der Waals surface area contributed by atoms with Gasteiger partial charge in [-0.25, -0.2) is 4.98 Å². The molecule has 3 N–H and O–H groups in total. The van der Waals surface area contributed by atoms with Gasteiger partial charge in [0.25, 0.3) is 5.91 Å². The maximum absolute atomic E-state index is 11.9. The Bertz CT molecular complexity index is 589. The number of primary amides is 1.